The molecule has 0 spiro atoms. The summed E-state index contributed by atoms with van der Waals surface area (Å²) in [7, 11) is -1.91. The highest BCUT2D eigenvalue weighted by molar-refractivity contribution is 7.90. The Bertz CT molecular complexity index is 1590. The fourth-order valence-corrected chi connectivity index (χ4v) is 6.57. The van der Waals surface area contributed by atoms with E-state index in [1.807, 2.05) is 80.2 Å². The summed E-state index contributed by atoms with van der Waals surface area (Å²) in [5.41, 5.74) is 2.39. The van der Waals surface area contributed by atoms with E-state index >= 15 is 0 Å². The molecule has 3 aromatic heterocycles. The summed E-state index contributed by atoms with van der Waals surface area (Å²) in [5, 5.41) is 17.7. The summed E-state index contributed by atoms with van der Waals surface area (Å²) in [4.78, 5) is 9.82. The van der Waals surface area contributed by atoms with Gasteiger partial charge < -0.3 is 14.1 Å². The molecule has 43 heavy (non-hydrogen) atoms. The second-order valence-electron chi connectivity index (χ2n) is 14.2. The normalized spacial score (nSPS) is 17.1. The van der Waals surface area contributed by atoms with Crippen molar-refractivity contribution in [1.82, 2.24) is 24.5 Å². The number of rotatable bonds is 9. The highest BCUT2D eigenvalue weighted by atomic mass is 32.2. The van der Waals surface area contributed by atoms with E-state index in [4.69, 9.17) is 14.4 Å². The highest BCUT2D eigenvalue weighted by Gasteiger charge is 2.48. The van der Waals surface area contributed by atoms with Gasteiger partial charge in [-0.05, 0) is 82.1 Å². The molecule has 230 valence electrons. The van der Waals surface area contributed by atoms with Crippen LogP contribution in [0.2, 0.25) is 18.1 Å². The predicted octanol–water partition coefficient (Wildman–Crippen LogP) is 7.00. The van der Waals surface area contributed by atoms with Crippen LogP contribution in [-0.2, 0) is 28.1 Å². The Balaban J connectivity index is 1.46. The van der Waals surface area contributed by atoms with Gasteiger partial charge in [0, 0.05) is 28.2 Å². The summed E-state index contributed by atoms with van der Waals surface area (Å²) in [6.45, 7) is 17.3. The summed E-state index contributed by atoms with van der Waals surface area (Å²) in [6, 6.07) is 17.7. The first-order chi connectivity index (χ1) is 20.1. The van der Waals surface area contributed by atoms with Gasteiger partial charge in [0.1, 0.15) is 4.75 Å². The van der Waals surface area contributed by atoms with Crippen molar-refractivity contribution in [3.63, 3.8) is 0 Å². The monoisotopic (exact) mass is 619 g/mol. The predicted molar refractivity (Wildman–Crippen MR) is 176 cm³/mol. The molecule has 1 aromatic carbocycles. The van der Waals surface area contributed by atoms with Crippen molar-refractivity contribution < 1.29 is 14.1 Å². The molecule has 0 radical (unpaired) electrons. The van der Waals surface area contributed by atoms with Gasteiger partial charge in [0.25, 0.3) is 0 Å². The van der Waals surface area contributed by atoms with E-state index in [-0.39, 0.29) is 11.0 Å². The van der Waals surface area contributed by atoms with Crippen molar-refractivity contribution in [2.45, 2.75) is 96.0 Å². The summed E-state index contributed by atoms with van der Waals surface area (Å²) in [6.07, 6.45) is 4.59. The third-order valence-corrected chi connectivity index (χ3v) is 15.0. The van der Waals surface area contributed by atoms with Gasteiger partial charge in [-0.25, -0.2) is 14.6 Å². The molecule has 0 unspecified atom stereocenters. The molecule has 1 aliphatic rings. The molecule has 3 heterocycles. The topological polar surface area (TPSA) is 108 Å². The second-order valence-corrected chi connectivity index (χ2v) is 20.9. The van der Waals surface area contributed by atoms with Gasteiger partial charge in [-0.1, -0.05) is 51.5 Å². The Morgan fingerprint density at radius 1 is 1.02 bits per heavy atom. The molecule has 8 nitrogen and oxygen atoms in total. The molecule has 1 aliphatic carbocycles. The van der Waals surface area contributed by atoms with E-state index < -0.39 is 30.2 Å². The van der Waals surface area contributed by atoms with Gasteiger partial charge in [-0.3, -0.25) is 0 Å². The molecule has 5 rings (SSSR count). The smallest absolute Gasteiger partial charge is 0.203 e. The number of hydrogen-bond acceptors (Lipinski definition) is 7. The third-order valence-electron chi connectivity index (χ3n) is 8.90. The molecule has 0 saturated heterocycles. The Hall–Kier alpha value is -2.60. The molecule has 2 atom stereocenters. The summed E-state index contributed by atoms with van der Waals surface area (Å²) < 4.78 is 23.9. The van der Waals surface area contributed by atoms with Gasteiger partial charge in [-0.2, -0.15) is 5.10 Å². The van der Waals surface area contributed by atoms with Crippen LogP contribution >= 0.6 is 0 Å². The highest BCUT2D eigenvalue weighted by Crippen LogP contribution is 2.42. The lowest BCUT2D eigenvalue weighted by molar-refractivity contribution is -0.0700. The lowest BCUT2D eigenvalue weighted by atomic mass is 9.76. The van der Waals surface area contributed by atoms with Crippen LogP contribution in [0, 0.1) is 5.92 Å². The molecule has 2 N–H and O–H groups in total. The summed E-state index contributed by atoms with van der Waals surface area (Å²) >= 11 is -1.46. The first kappa shape index (κ1) is 31.8. The lowest BCUT2D eigenvalue weighted by Gasteiger charge is -2.42. The van der Waals surface area contributed by atoms with Crippen molar-refractivity contribution in [1.29, 1.82) is 0 Å². The van der Waals surface area contributed by atoms with Crippen LogP contribution in [-0.4, -0.2) is 42.5 Å². The lowest BCUT2D eigenvalue weighted by Crippen LogP contribution is -2.57. The fraction of sp³-hybridized carbons (Fsp3) is 0.485. The van der Waals surface area contributed by atoms with Crippen LogP contribution < -0.4 is 4.72 Å². The van der Waals surface area contributed by atoms with Crippen molar-refractivity contribution in [2.75, 3.05) is 0 Å². The maximum Gasteiger partial charge on any atom is 0.203 e. The minimum Gasteiger partial charge on any atom is -0.598 e. The second kappa shape index (κ2) is 11.7. The van der Waals surface area contributed by atoms with Crippen LogP contribution in [0.25, 0.3) is 28.0 Å². The summed E-state index contributed by atoms with van der Waals surface area (Å²) in [5.74, 6) is 0.669. The average molecular weight is 620 g/mol. The van der Waals surface area contributed by atoms with Gasteiger partial charge in [0.2, 0.25) is 5.72 Å². The maximum atomic E-state index is 13.1. The number of hydrogen-bond donors (Lipinski definition) is 2. The Kier molecular flexibility index (Phi) is 8.67. The Morgan fingerprint density at radius 3 is 2.40 bits per heavy atom. The third kappa shape index (κ3) is 6.60. The number of pyridine rings is 2. The minimum absolute atomic E-state index is 0.0515. The molecule has 1 saturated carbocycles. The van der Waals surface area contributed by atoms with E-state index in [1.54, 1.807) is 0 Å². The van der Waals surface area contributed by atoms with E-state index in [2.05, 4.69) is 49.8 Å². The molecular weight excluding hydrogens is 575 g/mol. The Labute approximate surface area is 259 Å². The van der Waals surface area contributed by atoms with Crippen LogP contribution in [0.3, 0.4) is 0 Å². The van der Waals surface area contributed by atoms with E-state index in [9.17, 15) is 9.66 Å². The van der Waals surface area contributed by atoms with E-state index in [1.165, 1.54) is 0 Å². The van der Waals surface area contributed by atoms with Crippen molar-refractivity contribution in [3.8, 4) is 17.1 Å². The van der Waals surface area contributed by atoms with Gasteiger partial charge in [0.15, 0.2) is 14.1 Å². The van der Waals surface area contributed by atoms with Crippen molar-refractivity contribution >= 4 is 30.6 Å². The standard InChI is InChI=1S/C33H45N5O3SSi/c1-31(2,3)42(40)37-33(39,25-12-9-13-25)29-16-11-15-27(36-29)23-18-19-24-21-34-38(28(24)20-23)30-17-10-14-26(35-30)22-41-43(7,8)32(4,5)6/h10-11,14-21,25,37,39H,9,12-13,22H2,1-8H3/t33-,42-/m1/s1. The number of aliphatic hydroxyl groups is 1. The number of fused-ring (bicyclic) bond motifs is 1. The fourth-order valence-electron chi connectivity index (χ4n) is 4.77. The van der Waals surface area contributed by atoms with E-state index in [0.717, 1.165) is 52.9 Å². The maximum absolute atomic E-state index is 13.1. The first-order valence-corrected chi connectivity index (χ1v) is 19.1. The van der Waals surface area contributed by atoms with Crippen LogP contribution in [0.1, 0.15) is 72.2 Å². The largest absolute Gasteiger partial charge is 0.598 e. The first-order valence-electron chi connectivity index (χ1n) is 15.1. The molecule has 10 heteroatoms. The van der Waals surface area contributed by atoms with Crippen LogP contribution in [0.5, 0.6) is 0 Å². The quantitative estimate of drug-likeness (QED) is 0.118. The van der Waals surface area contributed by atoms with Gasteiger partial charge in [0.05, 0.1) is 35.4 Å². The zero-order valence-electron chi connectivity index (χ0n) is 26.6. The molecular formula is C33H45N5O3SSi. The number of benzene rings is 1. The SMILES string of the molecule is CC(C)(C)[S@@+]([O-])N[C@](O)(c1cccc(-c2ccc3cnn(-c4cccc(CO[Si](C)(C)C(C)(C)C)n4)c3c2)n1)C1CCC1. The molecule has 0 amide bonds. The molecule has 0 bridgehead atoms. The average Bonchev–Trinajstić information content (AvgIpc) is 3.33. The van der Waals surface area contributed by atoms with Crippen LogP contribution in [0.4, 0.5) is 0 Å². The van der Waals surface area contributed by atoms with Gasteiger partial charge >= 0.3 is 0 Å². The number of aromatic nitrogens is 4. The molecule has 1 fully saturated rings. The number of nitrogens with zero attached hydrogens (tertiary/aromatic N) is 4. The van der Waals surface area contributed by atoms with Crippen LogP contribution in [0.15, 0.2) is 60.8 Å². The van der Waals surface area contributed by atoms with Gasteiger partial charge in [-0.15, -0.1) is 4.72 Å². The molecule has 4 aromatic rings. The number of nitrogens with one attached hydrogen (secondary N) is 1. The zero-order chi connectivity index (χ0) is 31.2. The van der Waals surface area contributed by atoms with Crippen molar-refractivity contribution in [2.24, 2.45) is 5.92 Å². The van der Waals surface area contributed by atoms with Crippen molar-refractivity contribution in [3.05, 3.63) is 72.2 Å². The van der Waals surface area contributed by atoms with E-state index in [0.29, 0.717) is 12.3 Å². The Morgan fingerprint density at radius 2 is 1.74 bits per heavy atom. The minimum atomic E-state index is -1.91. The molecule has 0 aliphatic heterocycles. The zero-order valence-corrected chi connectivity index (χ0v) is 28.5.